The van der Waals surface area contributed by atoms with Crippen LogP contribution in [0.3, 0.4) is 0 Å². The molecule has 2 aromatic heterocycles. The van der Waals surface area contributed by atoms with Crippen molar-refractivity contribution in [2.45, 2.75) is 18.9 Å². The molecule has 2 aliphatic rings. The lowest BCUT2D eigenvalue weighted by Gasteiger charge is -2.43. The lowest BCUT2D eigenvalue weighted by atomic mass is 10.0. The smallest absolute Gasteiger partial charge is 0.162 e. The Bertz CT molecular complexity index is 982. The zero-order valence-electron chi connectivity index (χ0n) is 16.8. The molecule has 1 aromatic carbocycles. The Morgan fingerprint density at radius 3 is 2.97 bits per heavy atom. The minimum atomic E-state index is 0.495. The molecule has 1 fully saturated rings. The first kappa shape index (κ1) is 18.4. The van der Waals surface area contributed by atoms with E-state index in [1.54, 1.807) is 7.11 Å². The van der Waals surface area contributed by atoms with Crippen LogP contribution in [0.15, 0.2) is 36.7 Å². The Kier molecular flexibility index (Phi) is 5.08. The van der Waals surface area contributed by atoms with Gasteiger partial charge < -0.3 is 24.3 Å². The van der Waals surface area contributed by atoms with Crippen molar-refractivity contribution >= 4 is 22.4 Å². The molecule has 4 heterocycles. The standard InChI is InChI=1S/C22H27N5O2/c1-28-14-11-26-9-10-27(16-6-12-29-13-7-16)20-15-24-21(25-22(20)26)18-3-2-4-19-17(18)5-8-23-19/h2-5,8,15-16,23H,6-7,9-14H2,1H3. The number of rotatable bonds is 5. The summed E-state index contributed by atoms with van der Waals surface area (Å²) >= 11 is 0. The van der Waals surface area contributed by atoms with E-state index in [9.17, 15) is 0 Å². The van der Waals surface area contributed by atoms with Crippen molar-refractivity contribution in [1.82, 2.24) is 15.0 Å². The number of benzene rings is 1. The average Bonchev–Trinajstić information content (AvgIpc) is 3.27. The highest BCUT2D eigenvalue weighted by atomic mass is 16.5. The van der Waals surface area contributed by atoms with Gasteiger partial charge in [0.2, 0.25) is 0 Å². The third-order valence-electron chi connectivity index (χ3n) is 6.00. The number of hydrogen-bond donors (Lipinski definition) is 1. The average molecular weight is 393 g/mol. The van der Waals surface area contributed by atoms with Crippen LogP contribution >= 0.6 is 0 Å². The van der Waals surface area contributed by atoms with Gasteiger partial charge in [0.25, 0.3) is 0 Å². The summed E-state index contributed by atoms with van der Waals surface area (Å²) in [5, 5.41) is 1.15. The molecule has 0 unspecified atom stereocenters. The quantitative estimate of drug-likeness (QED) is 0.719. The molecule has 2 aliphatic heterocycles. The fourth-order valence-corrected chi connectivity index (χ4v) is 4.46. The molecule has 7 heteroatoms. The summed E-state index contributed by atoms with van der Waals surface area (Å²) in [4.78, 5) is 18.0. The predicted molar refractivity (Wildman–Crippen MR) is 115 cm³/mol. The van der Waals surface area contributed by atoms with Crippen LogP contribution < -0.4 is 9.80 Å². The lowest BCUT2D eigenvalue weighted by Crippen LogP contribution is -2.49. The summed E-state index contributed by atoms with van der Waals surface area (Å²) in [5.41, 5.74) is 3.29. The second-order valence-electron chi connectivity index (χ2n) is 7.66. The molecule has 0 saturated carbocycles. The summed E-state index contributed by atoms with van der Waals surface area (Å²) in [6, 6.07) is 8.80. The molecule has 1 saturated heterocycles. The van der Waals surface area contributed by atoms with Crippen LogP contribution in [0.4, 0.5) is 11.5 Å². The van der Waals surface area contributed by atoms with Crippen molar-refractivity contribution < 1.29 is 9.47 Å². The van der Waals surface area contributed by atoms with Gasteiger partial charge in [-0.05, 0) is 25.0 Å². The SMILES string of the molecule is COCCN1CCN(C2CCOCC2)c2cnc(-c3cccc4[nH]ccc34)nc21. The predicted octanol–water partition coefficient (Wildman–Crippen LogP) is 3.08. The summed E-state index contributed by atoms with van der Waals surface area (Å²) in [5.74, 6) is 1.78. The molecule has 3 aromatic rings. The Morgan fingerprint density at radius 2 is 2.10 bits per heavy atom. The van der Waals surface area contributed by atoms with Gasteiger partial charge in [-0.3, -0.25) is 0 Å². The maximum Gasteiger partial charge on any atom is 0.162 e. The number of aromatic amines is 1. The summed E-state index contributed by atoms with van der Waals surface area (Å²) in [6.45, 7) is 5.10. The topological polar surface area (TPSA) is 66.5 Å². The van der Waals surface area contributed by atoms with Crippen LogP contribution in [0, 0.1) is 0 Å². The van der Waals surface area contributed by atoms with E-state index in [1.807, 2.05) is 18.5 Å². The van der Waals surface area contributed by atoms with Gasteiger partial charge in [0.15, 0.2) is 11.6 Å². The van der Waals surface area contributed by atoms with Crippen LogP contribution in [0.5, 0.6) is 0 Å². The van der Waals surface area contributed by atoms with E-state index >= 15 is 0 Å². The van der Waals surface area contributed by atoms with E-state index in [1.165, 1.54) is 0 Å². The first-order chi connectivity index (χ1) is 14.3. The molecule has 0 spiro atoms. The first-order valence-electron chi connectivity index (χ1n) is 10.4. The second-order valence-corrected chi connectivity index (χ2v) is 7.66. The van der Waals surface area contributed by atoms with Crippen LogP contribution in [-0.2, 0) is 9.47 Å². The third-order valence-corrected chi connectivity index (χ3v) is 6.00. The monoisotopic (exact) mass is 393 g/mol. The Balaban J connectivity index is 1.56. The Labute approximate surface area is 170 Å². The van der Waals surface area contributed by atoms with Gasteiger partial charge in [0, 0.05) is 68.7 Å². The molecule has 152 valence electrons. The van der Waals surface area contributed by atoms with Gasteiger partial charge >= 0.3 is 0 Å². The molecule has 0 atom stereocenters. The molecule has 7 nitrogen and oxygen atoms in total. The Hall–Kier alpha value is -2.64. The van der Waals surface area contributed by atoms with Crippen molar-refractivity contribution in [3.05, 3.63) is 36.7 Å². The lowest BCUT2D eigenvalue weighted by molar-refractivity contribution is 0.0843. The number of ether oxygens (including phenoxy) is 2. The zero-order chi connectivity index (χ0) is 19.6. The molecule has 0 bridgehead atoms. The number of anilines is 2. The molecule has 29 heavy (non-hydrogen) atoms. The number of methoxy groups -OCH3 is 1. The third kappa shape index (κ3) is 3.45. The molecule has 0 amide bonds. The van der Waals surface area contributed by atoms with Crippen molar-refractivity contribution in [3.8, 4) is 11.4 Å². The molecule has 0 aliphatic carbocycles. The Morgan fingerprint density at radius 1 is 1.21 bits per heavy atom. The van der Waals surface area contributed by atoms with Gasteiger partial charge in [-0.2, -0.15) is 0 Å². The van der Waals surface area contributed by atoms with E-state index in [4.69, 9.17) is 19.4 Å². The highest BCUT2D eigenvalue weighted by Crippen LogP contribution is 2.36. The van der Waals surface area contributed by atoms with Gasteiger partial charge in [0.05, 0.1) is 18.5 Å². The molecular weight excluding hydrogens is 366 g/mol. The highest BCUT2D eigenvalue weighted by molar-refractivity contribution is 5.93. The number of H-pyrrole nitrogens is 1. The number of aromatic nitrogens is 3. The number of hydrogen-bond acceptors (Lipinski definition) is 6. The minimum absolute atomic E-state index is 0.495. The van der Waals surface area contributed by atoms with Gasteiger partial charge in [0.1, 0.15) is 0 Å². The molecule has 5 rings (SSSR count). The minimum Gasteiger partial charge on any atom is -0.383 e. The van der Waals surface area contributed by atoms with E-state index in [-0.39, 0.29) is 0 Å². The summed E-state index contributed by atoms with van der Waals surface area (Å²) in [6.07, 6.45) is 6.09. The van der Waals surface area contributed by atoms with E-state index in [0.717, 1.165) is 79.5 Å². The first-order valence-corrected chi connectivity index (χ1v) is 10.4. The van der Waals surface area contributed by atoms with Gasteiger partial charge in [-0.25, -0.2) is 9.97 Å². The van der Waals surface area contributed by atoms with Crippen molar-refractivity contribution in [2.24, 2.45) is 0 Å². The largest absolute Gasteiger partial charge is 0.383 e. The van der Waals surface area contributed by atoms with Crippen molar-refractivity contribution in [2.75, 3.05) is 56.4 Å². The highest BCUT2D eigenvalue weighted by Gasteiger charge is 2.30. The van der Waals surface area contributed by atoms with E-state index in [2.05, 4.69) is 33.0 Å². The molecule has 0 radical (unpaired) electrons. The van der Waals surface area contributed by atoms with Crippen LogP contribution in [-0.4, -0.2) is 67.6 Å². The van der Waals surface area contributed by atoms with Crippen LogP contribution in [0.25, 0.3) is 22.3 Å². The summed E-state index contributed by atoms with van der Waals surface area (Å²) < 4.78 is 10.9. The number of nitrogens with one attached hydrogen (secondary N) is 1. The van der Waals surface area contributed by atoms with Crippen molar-refractivity contribution in [3.63, 3.8) is 0 Å². The van der Waals surface area contributed by atoms with Crippen LogP contribution in [0.1, 0.15) is 12.8 Å². The zero-order valence-corrected chi connectivity index (χ0v) is 16.8. The normalized spacial score (nSPS) is 17.7. The van der Waals surface area contributed by atoms with Gasteiger partial charge in [-0.1, -0.05) is 12.1 Å². The fraction of sp³-hybridized carbons (Fsp3) is 0.455. The van der Waals surface area contributed by atoms with E-state index in [0.29, 0.717) is 12.6 Å². The molecule has 1 N–H and O–H groups in total. The number of fused-ring (bicyclic) bond motifs is 2. The maximum atomic E-state index is 5.58. The van der Waals surface area contributed by atoms with E-state index < -0.39 is 0 Å². The van der Waals surface area contributed by atoms with Crippen LogP contribution in [0.2, 0.25) is 0 Å². The second kappa shape index (κ2) is 8.00. The maximum absolute atomic E-state index is 5.58. The molecular formula is C22H27N5O2. The number of nitrogens with zero attached hydrogens (tertiary/aromatic N) is 4. The van der Waals surface area contributed by atoms with Crippen molar-refractivity contribution in [1.29, 1.82) is 0 Å². The van der Waals surface area contributed by atoms with Gasteiger partial charge in [-0.15, -0.1) is 0 Å². The summed E-state index contributed by atoms with van der Waals surface area (Å²) in [7, 11) is 1.75. The fourth-order valence-electron chi connectivity index (χ4n) is 4.46.